The van der Waals surface area contributed by atoms with E-state index in [1.807, 2.05) is 50.2 Å². The highest BCUT2D eigenvalue weighted by Gasteiger charge is 2.37. The number of carboxylic acid groups (broad SMARTS) is 1. The summed E-state index contributed by atoms with van der Waals surface area (Å²) in [5.41, 5.74) is 9.83. The lowest BCUT2D eigenvalue weighted by atomic mass is 10.0. The van der Waals surface area contributed by atoms with Gasteiger partial charge in [-0.15, -0.1) is 24.8 Å². The number of hydrogen-bond acceptors (Lipinski definition) is 5. The van der Waals surface area contributed by atoms with Crippen LogP contribution >= 0.6 is 24.8 Å². The Kier molecular flexibility index (Phi) is 10.9. The highest BCUT2D eigenvalue weighted by molar-refractivity contribution is 5.97. The summed E-state index contributed by atoms with van der Waals surface area (Å²) in [7, 11) is 0. The minimum Gasteiger partial charge on any atom is -0.465 e. The van der Waals surface area contributed by atoms with Crippen molar-refractivity contribution in [3.05, 3.63) is 66.1 Å². The Bertz CT molecular complexity index is 1250. The van der Waals surface area contributed by atoms with Crippen LogP contribution in [-0.2, 0) is 4.79 Å². The third-order valence-electron chi connectivity index (χ3n) is 6.58. The van der Waals surface area contributed by atoms with E-state index in [9.17, 15) is 14.4 Å². The molecule has 204 valence electrons. The quantitative estimate of drug-likeness (QED) is 0.294. The molecule has 1 aliphatic heterocycles. The Hall–Kier alpha value is -3.40. The van der Waals surface area contributed by atoms with Gasteiger partial charge in [-0.1, -0.05) is 62.4 Å². The van der Waals surface area contributed by atoms with Gasteiger partial charge in [0.1, 0.15) is 11.9 Å². The van der Waals surface area contributed by atoms with Crippen LogP contribution in [0.5, 0.6) is 0 Å². The first-order chi connectivity index (χ1) is 17.3. The van der Waals surface area contributed by atoms with E-state index in [0.717, 1.165) is 35.2 Å². The molecule has 11 heteroatoms. The lowest BCUT2D eigenvalue weighted by Crippen LogP contribution is -2.50. The number of nitrogens with two attached hydrogens (primary N) is 1. The third-order valence-corrected chi connectivity index (χ3v) is 6.58. The molecule has 0 radical (unpaired) electrons. The Morgan fingerprint density at radius 2 is 1.63 bits per heavy atom. The topological polar surface area (TPSA) is 141 Å². The molecule has 3 aromatic rings. The Morgan fingerprint density at radius 1 is 1.05 bits per heavy atom. The number of halogens is 2. The summed E-state index contributed by atoms with van der Waals surface area (Å²) in [4.78, 5) is 45.7. The predicted octanol–water partition coefficient (Wildman–Crippen LogP) is 4.68. The van der Waals surface area contributed by atoms with Gasteiger partial charge in [0.25, 0.3) is 0 Å². The van der Waals surface area contributed by atoms with Crippen LogP contribution in [0.15, 0.2) is 54.7 Å². The number of ketones is 1. The van der Waals surface area contributed by atoms with Crippen molar-refractivity contribution in [2.45, 2.75) is 38.8 Å². The van der Waals surface area contributed by atoms with Crippen molar-refractivity contribution in [2.75, 3.05) is 13.1 Å². The highest BCUT2D eigenvalue weighted by Crippen LogP contribution is 2.33. The van der Waals surface area contributed by atoms with Crippen molar-refractivity contribution in [3.63, 3.8) is 0 Å². The smallest absolute Gasteiger partial charge is 0.405 e. The molecule has 0 saturated carbocycles. The average molecular weight is 562 g/mol. The number of imidazole rings is 1. The van der Waals surface area contributed by atoms with Gasteiger partial charge < -0.3 is 26.0 Å². The summed E-state index contributed by atoms with van der Waals surface area (Å²) in [5, 5.41) is 11.5. The third kappa shape index (κ3) is 6.72. The number of nitrogens with one attached hydrogen (secondary N) is 2. The second-order valence-corrected chi connectivity index (χ2v) is 9.32. The number of aromatic amines is 1. The maximum atomic E-state index is 13.2. The molecule has 1 aromatic heterocycles. The van der Waals surface area contributed by atoms with Crippen LogP contribution in [0.3, 0.4) is 0 Å². The molecular weight excluding hydrogens is 529 g/mol. The van der Waals surface area contributed by atoms with Gasteiger partial charge in [0, 0.05) is 12.1 Å². The number of H-pyrrole nitrogens is 1. The largest absolute Gasteiger partial charge is 0.465 e. The summed E-state index contributed by atoms with van der Waals surface area (Å²) in [5.74, 6) is 0.208. The number of carbonyl (C=O) groups excluding carboxylic acids is 2. The molecule has 0 bridgehead atoms. The van der Waals surface area contributed by atoms with Gasteiger partial charge in [0.15, 0.2) is 5.78 Å². The molecule has 2 heterocycles. The Labute approximate surface area is 234 Å². The first-order valence-corrected chi connectivity index (χ1v) is 12.1. The summed E-state index contributed by atoms with van der Waals surface area (Å²) >= 11 is 0. The summed E-state index contributed by atoms with van der Waals surface area (Å²) in [6.07, 6.45) is 2.14. The normalized spacial score (nSPS) is 15.4. The number of aromatic nitrogens is 2. The van der Waals surface area contributed by atoms with Crippen LogP contribution in [-0.4, -0.2) is 56.9 Å². The van der Waals surface area contributed by atoms with Crippen LogP contribution in [0.25, 0.3) is 22.4 Å². The van der Waals surface area contributed by atoms with Gasteiger partial charge in [0.05, 0.1) is 24.5 Å². The van der Waals surface area contributed by atoms with E-state index in [0.29, 0.717) is 17.9 Å². The minimum absolute atomic E-state index is 0. The molecule has 2 aromatic carbocycles. The van der Waals surface area contributed by atoms with E-state index in [4.69, 9.17) is 10.8 Å². The van der Waals surface area contributed by atoms with Crippen molar-refractivity contribution in [2.24, 2.45) is 11.7 Å². The van der Waals surface area contributed by atoms with E-state index < -0.39 is 12.1 Å². The molecule has 38 heavy (non-hydrogen) atoms. The molecule has 1 fully saturated rings. The van der Waals surface area contributed by atoms with E-state index >= 15 is 0 Å². The van der Waals surface area contributed by atoms with E-state index in [1.54, 1.807) is 23.2 Å². The van der Waals surface area contributed by atoms with Gasteiger partial charge in [0.2, 0.25) is 5.91 Å². The Balaban J connectivity index is 0.00000253. The molecule has 0 unspecified atom stereocenters. The molecule has 9 nitrogen and oxygen atoms in total. The first kappa shape index (κ1) is 30.8. The minimum atomic E-state index is -1.21. The van der Waals surface area contributed by atoms with Gasteiger partial charge in [-0.05, 0) is 35.4 Å². The predicted molar refractivity (Wildman–Crippen MR) is 151 cm³/mol. The first-order valence-electron chi connectivity index (χ1n) is 12.1. The Morgan fingerprint density at radius 3 is 2.18 bits per heavy atom. The van der Waals surface area contributed by atoms with Crippen LogP contribution in [0.1, 0.15) is 48.9 Å². The summed E-state index contributed by atoms with van der Waals surface area (Å²) in [6, 6.07) is 14.3. The fraction of sp³-hybridized carbons (Fsp3) is 0.333. The van der Waals surface area contributed by atoms with Crippen LogP contribution in [0.2, 0.25) is 0 Å². The van der Waals surface area contributed by atoms with Crippen molar-refractivity contribution in [1.29, 1.82) is 0 Å². The van der Waals surface area contributed by atoms with Crippen molar-refractivity contribution >= 4 is 42.6 Å². The number of carbonyl (C=O) groups is 3. The molecule has 1 saturated heterocycles. The lowest BCUT2D eigenvalue weighted by molar-refractivity contribution is -0.135. The second-order valence-electron chi connectivity index (χ2n) is 9.32. The number of hydrogen-bond donors (Lipinski definition) is 4. The van der Waals surface area contributed by atoms with Gasteiger partial charge in [-0.3, -0.25) is 9.59 Å². The monoisotopic (exact) mass is 561 g/mol. The van der Waals surface area contributed by atoms with Gasteiger partial charge >= 0.3 is 6.09 Å². The summed E-state index contributed by atoms with van der Waals surface area (Å²) in [6.45, 7) is 4.21. The van der Waals surface area contributed by atoms with E-state index in [2.05, 4.69) is 15.3 Å². The standard InChI is InChI=1S/C27H31N5O4.2ClH/c1-16(2)24(31-27(35)36)26(34)32-13-3-4-22(32)25-29-15-21(30-25)19-9-5-17(6-10-19)18-7-11-20(12-8-18)23(33)14-28;;/h5-12,15-16,22,24,31H,3-4,13-14,28H2,1-2H3,(H,29,30)(H,35,36);2*1H/t22-,24-;;/m0../s1. The lowest BCUT2D eigenvalue weighted by Gasteiger charge is -2.29. The molecule has 1 aliphatic rings. The molecular formula is C27H33Cl2N5O4. The number of benzene rings is 2. The van der Waals surface area contributed by atoms with Gasteiger partial charge in [-0.2, -0.15) is 0 Å². The molecule has 5 N–H and O–H groups in total. The molecule has 0 spiro atoms. The molecule has 2 amide bonds. The van der Waals surface area contributed by atoms with E-state index in [1.165, 1.54) is 0 Å². The number of nitrogens with zero attached hydrogens (tertiary/aromatic N) is 2. The molecule has 0 aliphatic carbocycles. The zero-order chi connectivity index (χ0) is 25.8. The van der Waals surface area contributed by atoms with Crippen LogP contribution in [0, 0.1) is 5.92 Å². The van der Waals surface area contributed by atoms with Crippen LogP contribution < -0.4 is 11.1 Å². The van der Waals surface area contributed by atoms with Crippen molar-refractivity contribution in [3.8, 4) is 22.4 Å². The SMILES string of the molecule is CC(C)[C@H](NC(=O)O)C(=O)N1CCC[C@H]1c1ncc(-c2ccc(-c3ccc(C(=O)CN)cc3)cc2)[nH]1.Cl.Cl. The zero-order valence-corrected chi connectivity index (χ0v) is 22.8. The van der Waals surface area contributed by atoms with E-state index in [-0.39, 0.29) is 55.0 Å². The maximum absolute atomic E-state index is 13.2. The average Bonchev–Trinajstić information content (AvgIpc) is 3.56. The fourth-order valence-electron chi connectivity index (χ4n) is 4.60. The number of rotatable bonds is 8. The molecule has 4 rings (SSSR count). The highest BCUT2D eigenvalue weighted by atomic mass is 35.5. The second kappa shape index (κ2) is 13.4. The number of Topliss-reactive ketones (excluding diaryl/α,β-unsaturated/α-hetero) is 1. The maximum Gasteiger partial charge on any atom is 0.405 e. The van der Waals surface area contributed by atoms with Crippen molar-refractivity contribution in [1.82, 2.24) is 20.2 Å². The molecule has 2 atom stereocenters. The number of amides is 2. The zero-order valence-electron chi connectivity index (χ0n) is 21.2. The number of likely N-dealkylation sites (tertiary alicyclic amines) is 1. The van der Waals surface area contributed by atoms with Gasteiger partial charge in [-0.25, -0.2) is 9.78 Å². The van der Waals surface area contributed by atoms with Crippen LogP contribution in [0.4, 0.5) is 4.79 Å². The van der Waals surface area contributed by atoms with Crippen molar-refractivity contribution < 1.29 is 19.5 Å². The fourth-order valence-corrected chi connectivity index (χ4v) is 4.60. The summed E-state index contributed by atoms with van der Waals surface area (Å²) < 4.78 is 0.